The number of hydrogen-bond acceptors (Lipinski definition) is 6. The minimum atomic E-state index is -0.626. The molecule has 0 spiro atoms. The maximum absolute atomic E-state index is 10.8. The second-order valence-corrected chi connectivity index (χ2v) is 4.37. The minimum Gasteiger partial charge on any atom is -0.466 e. The second kappa shape index (κ2) is 11.4. The zero-order chi connectivity index (χ0) is 16.3. The van der Waals surface area contributed by atoms with Gasteiger partial charge in [0.2, 0.25) is 0 Å². The molecular weight excluding hydrogens is 264 g/mol. The fourth-order valence-corrected chi connectivity index (χ4v) is 0.904. The predicted octanol–water partition coefficient (Wildman–Crippen LogP) is 1.34. The highest BCUT2D eigenvalue weighted by Crippen LogP contribution is 2.03. The van der Waals surface area contributed by atoms with Crippen molar-refractivity contribution in [3.63, 3.8) is 0 Å². The van der Waals surface area contributed by atoms with E-state index in [4.69, 9.17) is 5.11 Å². The van der Waals surface area contributed by atoms with E-state index in [0.29, 0.717) is 13.2 Å². The van der Waals surface area contributed by atoms with Crippen LogP contribution in [0.15, 0.2) is 0 Å². The Morgan fingerprint density at radius 2 is 1.35 bits per heavy atom. The molecule has 0 heterocycles. The highest BCUT2D eigenvalue weighted by atomic mass is 16.5. The number of aliphatic hydroxyl groups is 1. The van der Waals surface area contributed by atoms with Gasteiger partial charge in [-0.3, -0.25) is 14.4 Å². The largest absolute Gasteiger partial charge is 0.466 e. The number of ether oxygens (including phenoxy) is 2. The third-order valence-corrected chi connectivity index (χ3v) is 2.63. The van der Waals surface area contributed by atoms with Gasteiger partial charge in [0.05, 0.1) is 25.2 Å². The molecule has 0 aromatic heterocycles. The summed E-state index contributed by atoms with van der Waals surface area (Å²) >= 11 is 0. The van der Waals surface area contributed by atoms with Gasteiger partial charge in [0.1, 0.15) is 11.7 Å². The number of rotatable bonds is 6. The van der Waals surface area contributed by atoms with Gasteiger partial charge in [0.15, 0.2) is 0 Å². The smallest absolute Gasteiger partial charge is 0.316 e. The van der Waals surface area contributed by atoms with Crippen LogP contribution in [0.5, 0.6) is 0 Å². The number of Topliss-reactive ketones (excluding diaryl/α,β-unsaturated/α-hetero) is 1. The van der Waals surface area contributed by atoms with E-state index >= 15 is 0 Å². The molecule has 0 amide bonds. The Hall–Kier alpha value is -1.43. The van der Waals surface area contributed by atoms with Crippen LogP contribution < -0.4 is 0 Å². The summed E-state index contributed by atoms with van der Waals surface area (Å²) < 4.78 is 9.27. The van der Waals surface area contributed by atoms with Crippen molar-refractivity contribution in [2.75, 3.05) is 13.2 Å². The molecule has 0 aliphatic carbocycles. The van der Waals surface area contributed by atoms with Gasteiger partial charge in [-0.15, -0.1) is 0 Å². The second-order valence-electron chi connectivity index (χ2n) is 4.37. The molecular formula is C14H26O6. The van der Waals surface area contributed by atoms with Crippen LogP contribution in [0, 0.1) is 11.8 Å². The number of hydrogen-bond donors (Lipinski definition) is 1. The Balaban J connectivity index is 0. The predicted molar refractivity (Wildman–Crippen MR) is 74.0 cm³/mol. The lowest BCUT2D eigenvalue weighted by Gasteiger charge is -2.11. The first-order chi connectivity index (χ1) is 9.18. The summed E-state index contributed by atoms with van der Waals surface area (Å²) in [6.07, 6.45) is -0.626. The maximum Gasteiger partial charge on any atom is 0.316 e. The first-order valence-corrected chi connectivity index (χ1v) is 6.70. The van der Waals surface area contributed by atoms with Gasteiger partial charge in [-0.25, -0.2) is 0 Å². The van der Waals surface area contributed by atoms with Gasteiger partial charge in [0.25, 0.3) is 0 Å². The number of esters is 2. The van der Waals surface area contributed by atoms with Gasteiger partial charge in [0, 0.05) is 0 Å². The van der Waals surface area contributed by atoms with Crippen LogP contribution in [-0.4, -0.2) is 42.1 Å². The zero-order valence-electron chi connectivity index (χ0n) is 13.1. The molecule has 6 heteroatoms. The lowest BCUT2D eigenvalue weighted by Crippen LogP contribution is -2.24. The molecule has 0 radical (unpaired) electrons. The first-order valence-electron chi connectivity index (χ1n) is 6.70. The summed E-state index contributed by atoms with van der Waals surface area (Å²) in [6.45, 7) is 10.3. The molecule has 0 bridgehead atoms. The van der Waals surface area contributed by atoms with Crippen molar-refractivity contribution in [3.05, 3.63) is 0 Å². The van der Waals surface area contributed by atoms with E-state index in [1.165, 1.54) is 6.92 Å². The van der Waals surface area contributed by atoms with E-state index in [-0.39, 0.29) is 11.8 Å². The molecule has 3 unspecified atom stereocenters. The van der Waals surface area contributed by atoms with E-state index in [2.05, 4.69) is 9.47 Å². The summed E-state index contributed by atoms with van der Waals surface area (Å²) in [5.74, 6) is -1.95. The highest BCUT2D eigenvalue weighted by molar-refractivity contribution is 5.97. The molecule has 0 saturated carbocycles. The van der Waals surface area contributed by atoms with E-state index in [1.807, 2.05) is 0 Å². The Labute approximate surface area is 120 Å². The topological polar surface area (TPSA) is 89.9 Å². The number of carbonyl (C=O) groups excluding carboxylic acids is 3. The SMILES string of the molecule is CCOC(=O)C(C)C(C)=O.CCOC(=O)C(C)C(C)O. The molecule has 0 aromatic carbocycles. The molecule has 20 heavy (non-hydrogen) atoms. The molecule has 0 aliphatic heterocycles. The molecule has 0 saturated heterocycles. The van der Waals surface area contributed by atoms with Crippen LogP contribution in [0.3, 0.4) is 0 Å². The van der Waals surface area contributed by atoms with Gasteiger partial charge < -0.3 is 14.6 Å². The number of aliphatic hydroxyl groups excluding tert-OH is 1. The van der Waals surface area contributed by atoms with Gasteiger partial charge in [-0.1, -0.05) is 0 Å². The average molecular weight is 290 g/mol. The van der Waals surface area contributed by atoms with Crippen LogP contribution in [0.4, 0.5) is 0 Å². The molecule has 3 atom stereocenters. The molecule has 0 aliphatic rings. The van der Waals surface area contributed by atoms with Crippen molar-refractivity contribution < 1.29 is 29.0 Å². The summed E-state index contributed by atoms with van der Waals surface area (Å²) in [7, 11) is 0. The normalized spacial score (nSPS) is 14.2. The van der Waals surface area contributed by atoms with Crippen molar-refractivity contribution in [1.29, 1.82) is 0 Å². The van der Waals surface area contributed by atoms with E-state index < -0.39 is 23.9 Å². The lowest BCUT2D eigenvalue weighted by molar-refractivity contribution is -0.151. The van der Waals surface area contributed by atoms with Gasteiger partial charge in [-0.2, -0.15) is 0 Å². The fourth-order valence-electron chi connectivity index (χ4n) is 0.904. The van der Waals surface area contributed by atoms with Crippen molar-refractivity contribution in [2.24, 2.45) is 11.8 Å². The maximum atomic E-state index is 10.8. The molecule has 6 nitrogen and oxygen atoms in total. The lowest BCUT2D eigenvalue weighted by atomic mass is 10.1. The van der Waals surface area contributed by atoms with Crippen LogP contribution in [0.2, 0.25) is 0 Å². The van der Waals surface area contributed by atoms with E-state index in [9.17, 15) is 14.4 Å². The number of ketones is 1. The Bertz CT molecular complexity index is 311. The van der Waals surface area contributed by atoms with Gasteiger partial charge >= 0.3 is 11.9 Å². The molecule has 1 N–H and O–H groups in total. The third kappa shape index (κ3) is 9.49. The molecule has 0 fully saturated rings. The Morgan fingerprint density at radius 3 is 1.65 bits per heavy atom. The summed E-state index contributed by atoms with van der Waals surface area (Å²) in [5, 5.41) is 8.92. The monoisotopic (exact) mass is 290 g/mol. The van der Waals surface area contributed by atoms with Crippen molar-refractivity contribution in [2.45, 2.75) is 47.6 Å². The van der Waals surface area contributed by atoms with Crippen LogP contribution in [0.25, 0.3) is 0 Å². The Kier molecular flexibility index (Phi) is 11.9. The summed E-state index contributed by atoms with van der Waals surface area (Å²) in [5.41, 5.74) is 0. The highest BCUT2D eigenvalue weighted by Gasteiger charge is 2.18. The fraction of sp³-hybridized carbons (Fsp3) is 0.786. The van der Waals surface area contributed by atoms with Crippen LogP contribution in [0.1, 0.15) is 41.5 Å². The van der Waals surface area contributed by atoms with E-state index in [0.717, 1.165) is 0 Å². The number of carbonyl (C=O) groups is 3. The first kappa shape index (κ1) is 20.9. The van der Waals surface area contributed by atoms with Crippen molar-refractivity contribution in [3.8, 4) is 0 Å². The average Bonchev–Trinajstić information content (AvgIpc) is 2.37. The summed E-state index contributed by atoms with van der Waals surface area (Å²) in [6, 6.07) is 0. The Morgan fingerprint density at radius 1 is 0.950 bits per heavy atom. The third-order valence-electron chi connectivity index (χ3n) is 2.63. The standard InChI is InChI=1S/C7H14O3.C7H12O3/c2*1-4-10-7(9)5(2)6(3)8/h5-6,8H,4H2,1-3H3;5H,4H2,1-3H3. The van der Waals surface area contributed by atoms with Crippen molar-refractivity contribution in [1.82, 2.24) is 0 Å². The minimum absolute atomic E-state index is 0.154. The zero-order valence-corrected chi connectivity index (χ0v) is 13.1. The van der Waals surface area contributed by atoms with Crippen LogP contribution >= 0.6 is 0 Å². The molecule has 0 rings (SSSR count). The molecule has 0 aromatic rings. The molecule has 118 valence electrons. The summed E-state index contributed by atoms with van der Waals surface area (Å²) in [4.78, 5) is 32.1. The van der Waals surface area contributed by atoms with Gasteiger partial charge in [-0.05, 0) is 41.5 Å². The van der Waals surface area contributed by atoms with Crippen molar-refractivity contribution >= 4 is 17.7 Å². The van der Waals surface area contributed by atoms with E-state index in [1.54, 1.807) is 34.6 Å². The quantitative estimate of drug-likeness (QED) is 0.586. The van der Waals surface area contributed by atoms with Crippen LogP contribution in [-0.2, 0) is 23.9 Å².